The molecule has 0 aliphatic carbocycles. The van der Waals surface area contributed by atoms with Crippen molar-refractivity contribution in [3.8, 4) is 5.69 Å². The molecule has 0 spiro atoms. The van der Waals surface area contributed by atoms with Crippen molar-refractivity contribution in [2.45, 2.75) is 65.5 Å². The Morgan fingerprint density at radius 2 is 1.85 bits per heavy atom. The molecule has 174 valence electrons. The molecule has 5 rings (SSSR count). The average molecular weight is 447 g/mol. The molecule has 2 aliphatic heterocycles. The van der Waals surface area contributed by atoms with Gasteiger partial charge in [-0.2, -0.15) is 5.10 Å². The Morgan fingerprint density at radius 1 is 1.06 bits per heavy atom. The third kappa shape index (κ3) is 4.47. The fourth-order valence-electron chi connectivity index (χ4n) is 5.16. The molecule has 1 saturated heterocycles. The zero-order valence-corrected chi connectivity index (χ0v) is 19.8. The number of hydrogen-bond acceptors (Lipinski definition) is 5. The van der Waals surface area contributed by atoms with E-state index < -0.39 is 0 Å². The smallest absolute Gasteiger partial charge is 0.255 e. The highest BCUT2D eigenvalue weighted by Crippen LogP contribution is 2.31. The van der Waals surface area contributed by atoms with Crippen LogP contribution in [0.3, 0.4) is 0 Å². The van der Waals surface area contributed by atoms with Crippen molar-refractivity contribution >= 4 is 5.82 Å². The number of anilines is 1. The van der Waals surface area contributed by atoms with Gasteiger partial charge in [-0.1, -0.05) is 25.1 Å². The van der Waals surface area contributed by atoms with E-state index in [4.69, 9.17) is 10.1 Å². The average Bonchev–Trinajstić information content (AvgIpc) is 3.16. The summed E-state index contributed by atoms with van der Waals surface area (Å²) in [6, 6.07) is 10.4. The summed E-state index contributed by atoms with van der Waals surface area (Å²) in [6.07, 6.45) is 6.36. The van der Waals surface area contributed by atoms with Gasteiger partial charge in [-0.05, 0) is 44.7 Å². The van der Waals surface area contributed by atoms with Gasteiger partial charge in [0.05, 0.1) is 22.6 Å². The Balaban J connectivity index is 1.46. The Morgan fingerprint density at radius 3 is 2.61 bits per heavy atom. The molecule has 1 N–H and O–H groups in total. The van der Waals surface area contributed by atoms with Gasteiger partial charge in [0.1, 0.15) is 11.6 Å². The van der Waals surface area contributed by atoms with Crippen LogP contribution in [0.15, 0.2) is 35.1 Å². The third-order valence-electron chi connectivity index (χ3n) is 6.88. The third-order valence-corrected chi connectivity index (χ3v) is 6.88. The highest BCUT2D eigenvalue weighted by Gasteiger charge is 2.27. The number of para-hydroxylation sites is 1. The minimum Gasteiger partial charge on any atom is -0.356 e. The maximum Gasteiger partial charge on any atom is 0.255 e. The van der Waals surface area contributed by atoms with E-state index in [0.29, 0.717) is 6.54 Å². The summed E-state index contributed by atoms with van der Waals surface area (Å²) >= 11 is 0. The molecule has 3 aromatic rings. The monoisotopic (exact) mass is 446 g/mol. The second-order valence-corrected chi connectivity index (χ2v) is 9.33. The van der Waals surface area contributed by atoms with E-state index >= 15 is 0 Å². The molecule has 7 heteroatoms. The summed E-state index contributed by atoms with van der Waals surface area (Å²) in [5.74, 6) is 2.04. The standard InChI is InChI=1S/C26H34N6O/c1-3-10-24-27-23-13-16-30(18-22(23)25(33)28-24)17-21-19(2)29-32(20-11-6-4-7-12-20)26(21)31-14-8-5-9-15-31/h4,6-7,11-12H,3,5,8-10,13-18H2,1-2H3,(H,27,28,33). The van der Waals surface area contributed by atoms with Crippen LogP contribution in [0.1, 0.15) is 60.9 Å². The van der Waals surface area contributed by atoms with E-state index in [-0.39, 0.29) is 5.56 Å². The molecule has 33 heavy (non-hydrogen) atoms. The minimum absolute atomic E-state index is 0.0288. The predicted octanol–water partition coefficient (Wildman–Crippen LogP) is 3.77. The summed E-state index contributed by atoms with van der Waals surface area (Å²) in [6.45, 7) is 8.70. The van der Waals surface area contributed by atoms with Crippen molar-refractivity contribution in [3.63, 3.8) is 0 Å². The number of H-pyrrole nitrogens is 1. The second-order valence-electron chi connectivity index (χ2n) is 9.33. The normalized spacial score (nSPS) is 16.7. The number of benzene rings is 1. The number of aromatic amines is 1. The molecule has 0 saturated carbocycles. The van der Waals surface area contributed by atoms with Crippen molar-refractivity contribution in [3.05, 3.63) is 69.0 Å². The molecule has 0 amide bonds. The summed E-state index contributed by atoms with van der Waals surface area (Å²) in [4.78, 5) is 25.4. The highest BCUT2D eigenvalue weighted by atomic mass is 16.1. The van der Waals surface area contributed by atoms with Crippen LogP contribution in [0.4, 0.5) is 5.82 Å². The fourth-order valence-corrected chi connectivity index (χ4v) is 5.16. The maximum absolute atomic E-state index is 12.8. The Labute approximate surface area is 195 Å². The van der Waals surface area contributed by atoms with Gasteiger partial charge in [0, 0.05) is 51.1 Å². The zero-order chi connectivity index (χ0) is 22.8. The lowest BCUT2D eigenvalue weighted by Crippen LogP contribution is -2.37. The number of piperidine rings is 1. The van der Waals surface area contributed by atoms with Gasteiger partial charge < -0.3 is 9.88 Å². The highest BCUT2D eigenvalue weighted by molar-refractivity contribution is 5.55. The SMILES string of the molecule is CCCc1nc2c(c(=O)[nH]1)CN(Cc1c(C)nn(-c3ccccc3)c1N1CCCCC1)CC2. The Bertz CT molecular complexity index is 1160. The number of nitrogens with one attached hydrogen (secondary N) is 1. The van der Waals surface area contributed by atoms with E-state index in [1.54, 1.807) is 0 Å². The van der Waals surface area contributed by atoms with Crippen LogP contribution in [0.5, 0.6) is 0 Å². The quantitative estimate of drug-likeness (QED) is 0.624. The molecular formula is C26H34N6O. The van der Waals surface area contributed by atoms with Crippen molar-refractivity contribution in [2.24, 2.45) is 0 Å². The minimum atomic E-state index is 0.0288. The molecular weight excluding hydrogens is 412 g/mol. The molecule has 7 nitrogen and oxygen atoms in total. The Hall–Kier alpha value is -2.93. The Kier molecular flexibility index (Phi) is 6.31. The second kappa shape index (κ2) is 9.51. The lowest BCUT2D eigenvalue weighted by atomic mass is 10.0. The van der Waals surface area contributed by atoms with Crippen molar-refractivity contribution in [2.75, 3.05) is 24.5 Å². The molecule has 0 radical (unpaired) electrons. The van der Waals surface area contributed by atoms with Crippen LogP contribution in [-0.2, 0) is 25.9 Å². The number of aryl methyl sites for hydroxylation is 2. The lowest BCUT2D eigenvalue weighted by molar-refractivity contribution is 0.241. The first-order chi connectivity index (χ1) is 16.1. The van der Waals surface area contributed by atoms with Gasteiger partial charge >= 0.3 is 0 Å². The number of hydrogen-bond donors (Lipinski definition) is 1. The number of fused-ring (bicyclic) bond motifs is 1. The summed E-state index contributed by atoms with van der Waals surface area (Å²) < 4.78 is 2.12. The van der Waals surface area contributed by atoms with Gasteiger partial charge in [0.2, 0.25) is 0 Å². The first-order valence-electron chi connectivity index (χ1n) is 12.4. The van der Waals surface area contributed by atoms with Crippen LogP contribution in [0.25, 0.3) is 5.69 Å². The summed E-state index contributed by atoms with van der Waals surface area (Å²) in [5.41, 5.74) is 5.27. The predicted molar refractivity (Wildman–Crippen MR) is 131 cm³/mol. The van der Waals surface area contributed by atoms with Crippen LogP contribution < -0.4 is 10.5 Å². The molecule has 2 aliphatic rings. The number of rotatable bonds is 6. The topological polar surface area (TPSA) is 70.0 Å². The van der Waals surface area contributed by atoms with Crippen LogP contribution >= 0.6 is 0 Å². The number of aromatic nitrogens is 4. The van der Waals surface area contributed by atoms with Gasteiger partial charge in [0.15, 0.2) is 0 Å². The largest absolute Gasteiger partial charge is 0.356 e. The van der Waals surface area contributed by atoms with E-state index in [0.717, 1.165) is 73.9 Å². The van der Waals surface area contributed by atoms with Crippen molar-refractivity contribution in [1.29, 1.82) is 0 Å². The van der Waals surface area contributed by atoms with Crippen LogP contribution in [0.2, 0.25) is 0 Å². The van der Waals surface area contributed by atoms with Crippen LogP contribution in [0, 0.1) is 6.92 Å². The van der Waals surface area contributed by atoms with E-state index in [9.17, 15) is 4.79 Å². The zero-order valence-electron chi connectivity index (χ0n) is 19.8. The van der Waals surface area contributed by atoms with Crippen molar-refractivity contribution in [1.82, 2.24) is 24.6 Å². The van der Waals surface area contributed by atoms with Gasteiger partial charge in [0.25, 0.3) is 5.56 Å². The van der Waals surface area contributed by atoms with E-state index in [1.807, 2.05) is 6.07 Å². The molecule has 2 aromatic heterocycles. The fraction of sp³-hybridized carbons (Fsp3) is 0.500. The van der Waals surface area contributed by atoms with Gasteiger partial charge in [-0.3, -0.25) is 9.69 Å². The summed E-state index contributed by atoms with van der Waals surface area (Å²) in [7, 11) is 0. The van der Waals surface area contributed by atoms with Crippen molar-refractivity contribution < 1.29 is 0 Å². The molecule has 0 bridgehead atoms. The molecule has 1 aromatic carbocycles. The first kappa shape index (κ1) is 21.9. The first-order valence-corrected chi connectivity index (χ1v) is 12.4. The lowest BCUT2D eigenvalue weighted by Gasteiger charge is -2.32. The molecule has 4 heterocycles. The molecule has 0 atom stereocenters. The molecule has 1 fully saturated rings. The van der Waals surface area contributed by atoms with Gasteiger partial charge in [-0.15, -0.1) is 0 Å². The van der Waals surface area contributed by atoms with Gasteiger partial charge in [-0.25, -0.2) is 9.67 Å². The van der Waals surface area contributed by atoms with E-state index in [2.05, 4.69) is 57.6 Å². The summed E-state index contributed by atoms with van der Waals surface area (Å²) in [5, 5.41) is 4.98. The van der Waals surface area contributed by atoms with E-state index in [1.165, 1.54) is 30.6 Å². The number of nitrogens with zero attached hydrogens (tertiary/aromatic N) is 5. The van der Waals surface area contributed by atoms with Crippen LogP contribution in [-0.4, -0.2) is 44.3 Å². The molecule has 0 unspecified atom stereocenters. The maximum atomic E-state index is 12.8.